The smallest absolute Gasteiger partial charge is 0.157 e. The van der Waals surface area contributed by atoms with Crippen LogP contribution in [0.25, 0.3) is 0 Å². The molecule has 2 atom stereocenters. The van der Waals surface area contributed by atoms with Crippen LogP contribution in [0.2, 0.25) is 10.0 Å². The SMILES string of the molecule is CC.CC.CC.CCC(C)C(Oc1c(Cl)cccc1Cl)c1ccccc1. The lowest BCUT2D eigenvalue weighted by molar-refractivity contribution is 0.142. The Morgan fingerprint density at radius 1 is 0.769 bits per heavy atom. The first kappa shape index (κ1) is 27.0. The van der Waals surface area contributed by atoms with Crippen LogP contribution < -0.4 is 4.74 Å². The zero-order valence-electron chi connectivity index (χ0n) is 17.6. The van der Waals surface area contributed by atoms with Gasteiger partial charge in [0.2, 0.25) is 0 Å². The third kappa shape index (κ3) is 8.96. The van der Waals surface area contributed by atoms with E-state index in [2.05, 4.69) is 26.0 Å². The van der Waals surface area contributed by atoms with E-state index in [4.69, 9.17) is 27.9 Å². The minimum atomic E-state index is -0.0569. The first-order chi connectivity index (χ1) is 12.6. The molecule has 1 nitrogen and oxygen atoms in total. The van der Waals surface area contributed by atoms with Crippen LogP contribution in [0.3, 0.4) is 0 Å². The minimum Gasteiger partial charge on any atom is -0.482 e. The van der Waals surface area contributed by atoms with Gasteiger partial charge < -0.3 is 4.74 Å². The number of halogens is 2. The van der Waals surface area contributed by atoms with Crippen molar-refractivity contribution in [3.8, 4) is 5.75 Å². The second kappa shape index (κ2) is 17.2. The molecule has 0 aliphatic heterocycles. The van der Waals surface area contributed by atoms with Crippen LogP contribution in [0.1, 0.15) is 73.5 Å². The van der Waals surface area contributed by atoms with Crippen LogP contribution >= 0.6 is 23.2 Å². The number of benzene rings is 2. The number of hydrogen-bond donors (Lipinski definition) is 0. The molecule has 0 radical (unpaired) electrons. The van der Waals surface area contributed by atoms with Crippen molar-refractivity contribution in [3.63, 3.8) is 0 Å². The van der Waals surface area contributed by atoms with E-state index in [0.717, 1.165) is 12.0 Å². The fourth-order valence-corrected chi connectivity index (χ4v) is 2.58. The third-order valence-electron chi connectivity index (χ3n) is 3.45. The van der Waals surface area contributed by atoms with Gasteiger partial charge in [-0.05, 0) is 30.0 Å². The Hall–Kier alpha value is -1.18. The molecule has 0 saturated carbocycles. The maximum atomic E-state index is 6.20. The second-order valence-corrected chi connectivity index (χ2v) is 5.70. The number of hydrogen-bond acceptors (Lipinski definition) is 1. The van der Waals surface area contributed by atoms with Crippen LogP contribution in [-0.4, -0.2) is 0 Å². The molecule has 0 aliphatic rings. The zero-order chi connectivity index (χ0) is 20.5. The van der Waals surface area contributed by atoms with Crippen LogP contribution in [0, 0.1) is 5.92 Å². The van der Waals surface area contributed by atoms with Crippen LogP contribution in [0.15, 0.2) is 48.5 Å². The molecule has 2 unspecified atom stereocenters. The van der Waals surface area contributed by atoms with E-state index >= 15 is 0 Å². The van der Waals surface area contributed by atoms with Crippen molar-refractivity contribution in [2.45, 2.75) is 67.9 Å². The average molecular weight is 399 g/mol. The van der Waals surface area contributed by atoms with Crippen molar-refractivity contribution in [1.82, 2.24) is 0 Å². The lowest BCUT2D eigenvalue weighted by atomic mass is 9.95. The zero-order valence-corrected chi connectivity index (χ0v) is 19.2. The van der Waals surface area contributed by atoms with Gasteiger partial charge in [0, 0.05) is 0 Å². The number of para-hydroxylation sites is 1. The van der Waals surface area contributed by atoms with Gasteiger partial charge in [0.25, 0.3) is 0 Å². The van der Waals surface area contributed by atoms with Gasteiger partial charge in [0.1, 0.15) is 6.10 Å². The highest BCUT2D eigenvalue weighted by Gasteiger charge is 2.22. The highest BCUT2D eigenvalue weighted by Crippen LogP contribution is 2.38. The molecule has 148 valence electrons. The molecule has 0 bridgehead atoms. The van der Waals surface area contributed by atoms with E-state index < -0.39 is 0 Å². The number of rotatable bonds is 5. The molecule has 0 amide bonds. The molecule has 3 heteroatoms. The summed E-state index contributed by atoms with van der Waals surface area (Å²) in [5, 5.41) is 1.09. The number of ether oxygens (including phenoxy) is 1. The van der Waals surface area contributed by atoms with Gasteiger partial charge in [-0.25, -0.2) is 0 Å². The molecular formula is C23H36Cl2O. The van der Waals surface area contributed by atoms with E-state index in [1.165, 1.54) is 0 Å². The van der Waals surface area contributed by atoms with Crippen LogP contribution in [-0.2, 0) is 0 Å². The predicted molar refractivity (Wildman–Crippen MR) is 120 cm³/mol. The van der Waals surface area contributed by atoms with Crippen LogP contribution in [0.5, 0.6) is 5.75 Å². The van der Waals surface area contributed by atoms with Gasteiger partial charge in [-0.15, -0.1) is 0 Å². The lowest BCUT2D eigenvalue weighted by Crippen LogP contribution is -2.16. The summed E-state index contributed by atoms with van der Waals surface area (Å²) in [6, 6.07) is 15.6. The second-order valence-electron chi connectivity index (χ2n) is 4.89. The Morgan fingerprint density at radius 2 is 1.23 bits per heavy atom. The van der Waals surface area contributed by atoms with Crippen molar-refractivity contribution in [1.29, 1.82) is 0 Å². The summed E-state index contributed by atoms with van der Waals surface area (Å²) in [6.45, 7) is 16.3. The molecular weight excluding hydrogens is 363 g/mol. The summed E-state index contributed by atoms with van der Waals surface area (Å²) < 4.78 is 6.15. The first-order valence-corrected chi connectivity index (χ1v) is 10.5. The van der Waals surface area contributed by atoms with Gasteiger partial charge in [0.15, 0.2) is 5.75 Å². The maximum absolute atomic E-state index is 6.20. The van der Waals surface area contributed by atoms with Crippen LogP contribution in [0.4, 0.5) is 0 Å². The van der Waals surface area contributed by atoms with Gasteiger partial charge in [-0.3, -0.25) is 0 Å². The molecule has 26 heavy (non-hydrogen) atoms. The van der Waals surface area contributed by atoms with Gasteiger partial charge in [-0.1, -0.05) is 115 Å². The lowest BCUT2D eigenvalue weighted by Gasteiger charge is -2.26. The normalized spacial score (nSPS) is 11.3. The fourth-order valence-electron chi connectivity index (χ4n) is 2.09. The standard InChI is InChI=1S/C17H18Cl2O.3C2H6/c1-3-12(2)16(13-8-5-4-6-9-13)20-17-14(18)10-7-11-15(17)19;3*1-2/h4-12,16H,3H2,1-2H3;3*1-2H3. The average Bonchev–Trinajstić information content (AvgIpc) is 2.72. The Kier molecular flexibility index (Phi) is 17.9. The molecule has 2 rings (SSSR count). The van der Waals surface area contributed by atoms with Crippen molar-refractivity contribution < 1.29 is 4.74 Å². The third-order valence-corrected chi connectivity index (χ3v) is 4.05. The molecule has 0 N–H and O–H groups in total. The monoisotopic (exact) mass is 398 g/mol. The summed E-state index contributed by atoms with van der Waals surface area (Å²) in [5.41, 5.74) is 1.14. The fraction of sp³-hybridized carbons (Fsp3) is 0.478. The predicted octanol–water partition coefficient (Wildman–Crippen LogP) is 9.24. The minimum absolute atomic E-state index is 0.0569. The van der Waals surface area contributed by atoms with Crippen molar-refractivity contribution in [2.75, 3.05) is 0 Å². The largest absolute Gasteiger partial charge is 0.482 e. The van der Waals surface area contributed by atoms with Crippen molar-refractivity contribution >= 4 is 23.2 Å². The van der Waals surface area contributed by atoms with Gasteiger partial charge in [0.05, 0.1) is 10.0 Å². The quantitative estimate of drug-likeness (QED) is 0.487. The van der Waals surface area contributed by atoms with E-state index in [1.54, 1.807) is 12.1 Å². The summed E-state index contributed by atoms with van der Waals surface area (Å²) in [7, 11) is 0. The molecule has 0 saturated heterocycles. The molecule has 2 aromatic rings. The van der Waals surface area contributed by atoms with Crippen molar-refractivity contribution in [3.05, 3.63) is 64.1 Å². The van der Waals surface area contributed by atoms with Crippen molar-refractivity contribution in [2.24, 2.45) is 5.92 Å². The topological polar surface area (TPSA) is 9.23 Å². The maximum Gasteiger partial charge on any atom is 0.157 e. The molecule has 0 aliphatic carbocycles. The Balaban J connectivity index is 0. The van der Waals surface area contributed by atoms with E-state index in [1.807, 2.05) is 65.8 Å². The Morgan fingerprint density at radius 3 is 1.65 bits per heavy atom. The summed E-state index contributed by atoms with van der Waals surface area (Å²) in [4.78, 5) is 0. The summed E-state index contributed by atoms with van der Waals surface area (Å²) in [6.07, 6.45) is 0.959. The van der Waals surface area contributed by atoms with E-state index in [0.29, 0.717) is 21.7 Å². The molecule has 2 aromatic carbocycles. The molecule has 0 heterocycles. The molecule has 0 spiro atoms. The summed E-state index contributed by atoms with van der Waals surface area (Å²) in [5.74, 6) is 0.926. The Labute approximate surface area is 171 Å². The molecule has 0 aromatic heterocycles. The summed E-state index contributed by atoms with van der Waals surface area (Å²) >= 11 is 12.4. The molecule has 0 fully saturated rings. The Bertz CT molecular complexity index is 535. The highest BCUT2D eigenvalue weighted by atomic mass is 35.5. The highest BCUT2D eigenvalue weighted by molar-refractivity contribution is 6.37. The van der Waals surface area contributed by atoms with Gasteiger partial charge in [-0.2, -0.15) is 0 Å². The first-order valence-electron chi connectivity index (χ1n) is 9.79. The van der Waals surface area contributed by atoms with Gasteiger partial charge >= 0.3 is 0 Å². The van der Waals surface area contributed by atoms with E-state index in [-0.39, 0.29) is 6.10 Å². The van der Waals surface area contributed by atoms with E-state index in [9.17, 15) is 0 Å².